The van der Waals surface area contributed by atoms with E-state index in [9.17, 15) is 9.90 Å². The first-order valence-electron chi connectivity index (χ1n) is 7.04. The number of amides is 1. The molecule has 1 heterocycles. The number of nitrogens with one attached hydrogen (secondary N) is 1. The highest BCUT2D eigenvalue weighted by Gasteiger charge is 2.24. The van der Waals surface area contributed by atoms with E-state index in [1.54, 1.807) is 18.2 Å². The predicted octanol–water partition coefficient (Wildman–Crippen LogP) is 2.62. The van der Waals surface area contributed by atoms with Crippen LogP contribution in [-0.2, 0) is 0 Å². The number of carbonyl (C=O) groups is 1. The van der Waals surface area contributed by atoms with Gasteiger partial charge in [0.25, 0.3) is 5.91 Å². The van der Waals surface area contributed by atoms with Crippen molar-refractivity contribution in [3.63, 3.8) is 0 Å². The average Bonchev–Trinajstić information content (AvgIpc) is 2.47. The number of aromatic hydroxyl groups is 1. The Labute approximate surface area is 128 Å². The second kappa shape index (κ2) is 7.09. The lowest BCUT2D eigenvalue weighted by Crippen LogP contribution is -2.39. The van der Waals surface area contributed by atoms with Crippen molar-refractivity contribution in [2.24, 2.45) is 5.92 Å². The maximum Gasteiger partial charge on any atom is 0.257 e. The lowest BCUT2D eigenvalue weighted by Gasteiger charge is -2.32. The Morgan fingerprint density at radius 1 is 1.45 bits per heavy atom. The Balaban J connectivity index is 1.96. The second-order valence-corrected chi connectivity index (χ2v) is 6.20. The zero-order chi connectivity index (χ0) is 14.5. The summed E-state index contributed by atoms with van der Waals surface area (Å²) in [5, 5.41) is 13.0. The third kappa shape index (κ3) is 3.73. The summed E-state index contributed by atoms with van der Waals surface area (Å²) in [5.41, 5.74) is 0.382. The number of likely N-dealkylation sites (tertiary alicyclic amines) is 1. The van der Waals surface area contributed by atoms with Crippen LogP contribution in [0.15, 0.2) is 22.7 Å². The molecule has 1 saturated heterocycles. The monoisotopic (exact) mass is 340 g/mol. The predicted molar refractivity (Wildman–Crippen MR) is 83.0 cm³/mol. The molecule has 4 nitrogen and oxygen atoms in total. The molecule has 1 amide bonds. The van der Waals surface area contributed by atoms with E-state index in [1.165, 1.54) is 6.42 Å². The molecule has 1 aromatic rings. The number of nitrogens with zero attached hydrogens (tertiary/aromatic N) is 1. The zero-order valence-electron chi connectivity index (χ0n) is 11.7. The molecule has 2 rings (SSSR count). The molecule has 0 unspecified atom stereocenters. The summed E-state index contributed by atoms with van der Waals surface area (Å²) < 4.78 is 0.808. The van der Waals surface area contributed by atoms with Crippen molar-refractivity contribution in [1.29, 1.82) is 0 Å². The highest BCUT2D eigenvalue weighted by atomic mass is 79.9. The fourth-order valence-corrected chi connectivity index (χ4v) is 2.98. The minimum atomic E-state index is -0.0733. The maximum atomic E-state index is 12.4. The van der Waals surface area contributed by atoms with Crippen molar-refractivity contribution in [3.05, 3.63) is 28.2 Å². The largest absolute Gasteiger partial charge is 0.507 e. The minimum absolute atomic E-state index is 0.0514. The SMILES string of the molecule is CNCCC1CCN(C(=O)c2cc(Br)ccc2O)CC1. The molecule has 1 aromatic carbocycles. The van der Waals surface area contributed by atoms with Crippen LogP contribution in [0.5, 0.6) is 5.75 Å². The molecular weight excluding hydrogens is 320 g/mol. The molecule has 110 valence electrons. The number of benzene rings is 1. The first kappa shape index (κ1) is 15.3. The van der Waals surface area contributed by atoms with Crippen LogP contribution in [0.3, 0.4) is 0 Å². The number of rotatable bonds is 4. The number of phenolic OH excluding ortho intramolecular Hbond substituents is 1. The molecule has 20 heavy (non-hydrogen) atoms. The van der Waals surface area contributed by atoms with Gasteiger partial charge in [0.05, 0.1) is 5.56 Å². The van der Waals surface area contributed by atoms with Gasteiger partial charge in [-0.25, -0.2) is 0 Å². The van der Waals surface area contributed by atoms with E-state index in [0.29, 0.717) is 11.5 Å². The van der Waals surface area contributed by atoms with E-state index < -0.39 is 0 Å². The van der Waals surface area contributed by atoms with E-state index in [-0.39, 0.29) is 11.7 Å². The first-order valence-corrected chi connectivity index (χ1v) is 7.83. The van der Waals surface area contributed by atoms with Gasteiger partial charge < -0.3 is 15.3 Å². The molecule has 0 spiro atoms. The average molecular weight is 341 g/mol. The van der Waals surface area contributed by atoms with Gasteiger partial charge in [0, 0.05) is 17.6 Å². The Morgan fingerprint density at radius 2 is 2.15 bits per heavy atom. The lowest BCUT2D eigenvalue weighted by molar-refractivity contribution is 0.0684. The standard InChI is InChI=1S/C15H21BrN2O2/c1-17-7-4-11-5-8-18(9-6-11)15(20)13-10-12(16)2-3-14(13)19/h2-3,10-11,17,19H,4-9H2,1H3. The Kier molecular flexibility index (Phi) is 5.43. The Hall–Kier alpha value is -1.07. The van der Waals surface area contributed by atoms with Crippen molar-refractivity contribution in [3.8, 4) is 5.75 Å². The molecule has 2 N–H and O–H groups in total. The van der Waals surface area contributed by atoms with Crippen LogP contribution in [0.1, 0.15) is 29.6 Å². The van der Waals surface area contributed by atoms with Gasteiger partial charge >= 0.3 is 0 Å². The Morgan fingerprint density at radius 3 is 2.80 bits per heavy atom. The minimum Gasteiger partial charge on any atom is -0.507 e. The van der Waals surface area contributed by atoms with Crippen molar-refractivity contribution < 1.29 is 9.90 Å². The van der Waals surface area contributed by atoms with Gasteiger partial charge in [-0.3, -0.25) is 4.79 Å². The van der Waals surface area contributed by atoms with Crippen LogP contribution >= 0.6 is 15.9 Å². The van der Waals surface area contributed by atoms with E-state index in [0.717, 1.165) is 36.9 Å². The number of phenols is 1. The lowest BCUT2D eigenvalue weighted by atomic mass is 9.93. The van der Waals surface area contributed by atoms with E-state index >= 15 is 0 Å². The van der Waals surface area contributed by atoms with Crippen molar-refractivity contribution >= 4 is 21.8 Å². The molecular formula is C15H21BrN2O2. The summed E-state index contributed by atoms with van der Waals surface area (Å²) in [4.78, 5) is 14.3. The van der Waals surface area contributed by atoms with Gasteiger partial charge in [-0.2, -0.15) is 0 Å². The van der Waals surface area contributed by atoms with Crippen molar-refractivity contribution in [2.45, 2.75) is 19.3 Å². The molecule has 0 radical (unpaired) electrons. The van der Waals surface area contributed by atoms with Gasteiger partial charge in [0.1, 0.15) is 5.75 Å². The number of hydrogen-bond acceptors (Lipinski definition) is 3. The van der Waals surface area contributed by atoms with Gasteiger partial charge in [-0.05, 0) is 57.0 Å². The van der Waals surface area contributed by atoms with E-state index in [1.807, 2.05) is 11.9 Å². The quantitative estimate of drug-likeness (QED) is 0.885. The van der Waals surface area contributed by atoms with Crippen LogP contribution in [0, 0.1) is 5.92 Å². The van der Waals surface area contributed by atoms with Crippen LogP contribution in [0.4, 0.5) is 0 Å². The van der Waals surface area contributed by atoms with Crippen molar-refractivity contribution in [2.75, 3.05) is 26.7 Å². The number of hydrogen-bond donors (Lipinski definition) is 2. The Bertz CT molecular complexity index is 471. The molecule has 5 heteroatoms. The summed E-state index contributed by atoms with van der Waals surface area (Å²) in [6.07, 6.45) is 3.25. The van der Waals surface area contributed by atoms with Crippen LogP contribution < -0.4 is 5.32 Å². The highest BCUT2D eigenvalue weighted by Crippen LogP contribution is 2.26. The number of piperidine rings is 1. The summed E-state index contributed by atoms with van der Waals surface area (Å²) >= 11 is 3.34. The van der Waals surface area contributed by atoms with E-state index in [2.05, 4.69) is 21.2 Å². The third-order valence-corrected chi connectivity index (χ3v) is 4.39. The van der Waals surface area contributed by atoms with Gasteiger partial charge in [0.2, 0.25) is 0 Å². The maximum absolute atomic E-state index is 12.4. The van der Waals surface area contributed by atoms with Crippen molar-refractivity contribution in [1.82, 2.24) is 10.2 Å². The summed E-state index contributed by atoms with van der Waals surface area (Å²) in [7, 11) is 1.97. The first-order chi connectivity index (χ1) is 9.61. The molecule has 1 aliphatic heterocycles. The summed E-state index contributed by atoms with van der Waals surface area (Å²) in [5.74, 6) is 0.675. The number of carbonyl (C=O) groups excluding carboxylic acids is 1. The summed E-state index contributed by atoms with van der Waals surface area (Å²) in [6, 6.07) is 4.97. The van der Waals surface area contributed by atoms with Gasteiger partial charge in [-0.1, -0.05) is 15.9 Å². The fourth-order valence-electron chi connectivity index (χ4n) is 2.62. The fraction of sp³-hybridized carbons (Fsp3) is 0.533. The molecule has 1 fully saturated rings. The smallest absolute Gasteiger partial charge is 0.257 e. The van der Waals surface area contributed by atoms with Crippen LogP contribution in [-0.4, -0.2) is 42.6 Å². The normalized spacial score (nSPS) is 16.4. The zero-order valence-corrected chi connectivity index (χ0v) is 13.3. The molecule has 0 aromatic heterocycles. The molecule has 0 bridgehead atoms. The summed E-state index contributed by atoms with van der Waals surface area (Å²) in [6.45, 7) is 2.59. The molecule has 0 saturated carbocycles. The van der Waals surface area contributed by atoms with Gasteiger partial charge in [-0.15, -0.1) is 0 Å². The van der Waals surface area contributed by atoms with Crippen LogP contribution in [0.25, 0.3) is 0 Å². The number of halogens is 1. The molecule has 0 atom stereocenters. The third-order valence-electron chi connectivity index (χ3n) is 3.89. The van der Waals surface area contributed by atoms with Crippen LogP contribution in [0.2, 0.25) is 0 Å². The molecule has 0 aliphatic carbocycles. The molecule has 1 aliphatic rings. The van der Waals surface area contributed by atoms with Gasteiger partial charge in [0.15, 0.2) is 0 Å². The highest BCUT2D eigenvalue weighted by molar-refractivity contribution is 9.10. The topological polar surface area (TPSA) is 52.6 Å². The van der Waals surface area contributed by atoms with E-state index in [4.69, 9.17) is 0 Å². The second-order valence-electron chi connectivity index (χ2n) is 5.29.